The molecule has 1 heterocycles. The first-order chi connectivity index (χ1) is 11.0. The molecule has 0 aliphatic carbocycles. The second kappa shape index (κ2) is 5.80. The standard InChI is InChI=1S/C19H18O4/c1-11-4-6-13(7-5-11)17-12(2)19(21)23-18(17)14-8-9-15(20)16(10-14)22-3/h4-10,17-18,20H,2H2,1,3H3. The van der Waals surface area contributed by atoms with E-state index in [9.17, 15) is 9.90 Å². The van der Waals surface area contributed by atoms with E-state index >= 15 is 0 Å². The third kappa shape index (κ3) is 2.68. The van der Waals surface area contributed by atoms with Crippen molar-refractivity contribution in [1.29, 1.82) is 0 Å². The van der Waals surface area contributed by atoms with Gasteiger partial charge < -0.3 is 14.6 Å². The summed E-state index contributed by atoms with van der Waals surface area (Å²) in [5, 5.41) is 9.74. The van der Waals surface area contributed by atoms with Crippen LogP contribution in [0.4, 0.5) is 0 Å². The summed E-state index contributed by atoms with van der Waals surface area (Å²) < 4.78 is 10.7. The summed E-state index contributed by atoms with van der Waals surface area (Å²) in [5.74, 6) is -0.255. The molecule has 1 aliphatic rings. The van der Waals surface area contributed by atoms with E-state index in [4.69, 9.17) is 9.47 Å². The Balaban J connectivity index is 2.04. The summed E-state index contributed by atoms with van der Waals surface area (Å²) in [6.07, 6.45) is -0.479. The zero-order valence-corrected chi connectivity index (χ0v) is 13.1. The smallest absolute Gasteiger partial charge is 0.334 e. The van der Waals surface area contributed by atoms with Gasteiger partial charge in [-0.15, -0.1) is 0 Å². The monoisotopic (exact) mass is 310 g/mol. The van der Waals surface area contributed by atoms with Gasteiger partial charge in [0.1, 0.15) is 6.10 Å². The molecule has 0 radical (unpaired) electrons. The van der Waals surface area contributed by atoms with Crippen LogP contribution >= 0.6 is 0 Å². The second-order valence-electron chi connectivity index (χ2n) is 5.67. The number of benzene rings is 2. The summed E-state index contributed by atoms with van der Waals surface area (Å²) in [7, 11) is 1.48. The number of aromatic hydroxyl groups is 1. The van der Waals surface area contributed by atoms with Crippen molar-refractivity contribution in [3.63, 3.8) is 0 Å². The maximum atomic E-state index is 12.0. The Morgan fingerprint density at radius 1 is 1.13 bits per heavy atom. The first-order valence-corrected chi connectivity index (χ1v) is 7.34. The predicted octanol–water partition coefficient (Wildman–Crippen LogP) is 3.65. The van der Waals surface area contributed by atoms with Gasteiger partial charge in [0, 0.05) is 5.57 Å². The van der Waals surface area contributed by atoms with E-state index in [-0.39, 0.29) is 11.7 Å². The van der Waals surface area contributed by atoms with E-state index in [1.54, 1.807) is 12.1 Å². The van der Waals surface area contributed by atoms with Crippen molar-refractivity contribution in [1.82, 2.24) is 0 Å². The minimum Gasteiger partial charge on any atom is -0.504 e. The van der Waals surface area contributed by atoms with Crippen LogP contribution < -0.4 is 4.74 Å². The van der Waals surface area contributed by atoms with Crippen molar-refractivity contribution in [3.05, 3.63) is 71.3 Å². The molecule has 2 unspecified atom stereocenters. The number of methoxy groups -OCH3 is 1. The lowest BCUT2D eigenvalue weighted by atomic mass is 9.85. The zero-order valence-electron chi connectivity index (χ0n) is 13.1. The van der Waals surface area contributed by atoms with Gasteiger partial charge in [0.05, 0.1) is 13.0 Å². The maximum Gasteiger partial charge on any atom is 0.334 e. The molecule has 0 amide bonds. The summed E-state index contributed by atoms with van der Waals surface area (Å²) >= 11 is 0. The molecule has 2 atom stereocenters. The third-order valence-electron chi connectivity index (χ3n) is 4.14. The number of carbonyl (C=O) groups is 1. The quantitative estimate of drug-likeness (QED) is 0.694. The van der Waals surface area contributed by atoms with Gasteiger partial charge in [-0.05, 0) is 30.2 Å². The van der Waals surface area contributed by atoms with Crippen molar-refractivity contribution < 1.29 is 19.4 Å². The van der Waals surface area contributed by atoms with Gasteiger partial charge in [0.2, 0.25) is 0 Å². The molecule has 23 heavy (non-hydrogen) atoms. The number of cyclic esters (lactones) is 1. The van der Waals surface area contributed by atoms with Crippen LogP contribution in [0.15, 0.2) is 54.6 Å². The second-order valence-corrected chi connectivity index (χ2v) is 5.67. The topological polar surface area (TPSA) is 55.8 Å². The average Bonchev–Trinajstić information content (AvgIpc) is 2.84. The first-order valence-electron chi connectivity index (χ1n) is 7.34. The summed E-state index contributed by atoms with van der Waals surface area (Å²) in [6.45, 7) is 5.91. The molecule has 0 aromatic heterocycles. The normalized spacial score (nSPS) is 20.4. The SMILES string of the molecule is C=C1C(=O)OC(c2ccc(O)c(OC)c2)C1c1ccc(C)cc1. The lowest BCUT2D eigenvalue weighted by Crippen LogP contribution is -2.07. The van der Waals surface area contributed by atoms with E-state index in [0.717, 1.165) is 16.7 Å². The summed E-state index contributed by atoms with van der Waals surface area (Å²) in [5.41, 5.74) is 3.32. The van der Waals surface area contributed by atoms with Crippen LogP contribution in [0, 0.1) is 6.92 Å². The summed E-state index contributed by atoms with van der Waals surface area (Å²) in [6, 6.07) is 12.9. The Hall–Kier alpha value is -2.75. The molecule has 0 bridgehead atoms. The van der Waals surface area contributed by atoms with Crippen molar-refractivity contribution in [3.8, 4) is 11.5 Å². The number of phenols is 1. The van der Waals surface area contributed by atoms with E-state index in [2.05, 4.69) is 6.58 Å². The Morgan fingerprint density at radius 3 is 2.43 bits per heavy atom. The van der Waals surface area contributed by atoms with Crippen molar-refractivity contribution in [2.75, 3.05) is 7.11 Å². The van der Waals surface area contributed by atoms with Crippen molar-refractivity contribution >= 4 is 5.97 Å². The van der Waals surface area contributed by atoms with Crippen molar-refractivity contribution in [2.45, 2.75) is 18.9 Å². The van der Waals surface area contributed by atoms with Crippen LogP contribution in [-0.2, 0) is 9.53 Å². The van der Waals surface area contributed by atoms with Crippen LogP contribution in [0.3, 0.4) is 0 Å². The Kier molecular flexibility index (Phi) is 3.82. The fraction of sp³-hybridized carbons (Fsp3) is 0.211. The van der Waals surface area contributed by atoms with Gasteiger partial charge in [-0.1, -0.05) is 42.5 Å². The van der Waals surface area contributed by atoms with Crippen LogP contribution in [0.1, 0.15) is 28.7 Å². The van der Waals surface area contributed by atoms with Crippen LogP contribution in [0.5, 0.6) is 11.5 Å². The van der Waals surface area contributed by atoms with Crippen LogP contribution in [0.2, 0.25) is 0 Å². The summed E-state index contributed by atoms with van der Waals surface area (Å²) in [4.78, 5) is 12.0. The Morgan fingerprint density at radius 2 is 1.78 bits per heavy atom. The molecule has 0 spiro atoms. The highest BCUT2D eigenvalue weighted by Gasteiger charge is 2.40. The number of rotatable bonds is 3. The van der Waals surface area contributed by atoms with Gasteiger partial charge in [-0.3, -0.25) is 0 Å². The highest BCUT2D eigenvalue weighted by Crippen LogP contribution is 2.46. The van der Waals surface area contributed by atoms with Gasteiger partial charge in [-0.2, -0.15) is 0 Å². The Bertz CT molecular complexity index is 761. The van der Waals surface area contributed by atoms with Gasteiger partial charge in [-0.25, -0.2) is 4.79 Å². The fourth-order valence-corrected chi connectivity index (χ4v) is 2.85. The molecule has 1 fully saturated rings. The minimum absolute atomic E-state index is 0.0475. The van der Waals surface area contributed by atoms with Crippen LogP contribution in [0.25, 0.3) is 0 Å². The molecule has 118 valence electrons. The first kappa shape index (κ1) is 15.2. The lowest BCUT2D eigenvalue weighted by molar-refractivity contribution is -0.139. The van der Waals surface area contributed by atoms with Gasteiger partial charge in [0.15, 0.2) is 11.5 Å². The predicted molar refractivity (Wildman–Crippen MR) is 86.6 cm³/mol. The molecular formula is C19H18O4. The number of esters is 1. The number of aryl methyl sites for hydroxylation is 1. The Labute approximate surface area is 135 Å². The lowest BCUT2D eigenvalue weighted by Gasteiger charge is -2.19. The molecule has 3 rings (SSSR count). The molecule has 1 saturated heterocycles. The van der Waals surface area contributed by atoms with Gasteiger partial charge >= 0.3 is 5.97 Å². The molecule has 4 nitrogen and oxygen atoms in total. The highest BCUT2D eigenvalue weighted by molar-refractivity contribution is 5.92. The van der Waals surface area contributed by atoms with Gasteiger partial charge in [0.25, 0.3) is 0 Å². The third-order valence-corrected chi connectivity index (χ3v) is 4.14. The molecular weight excluding hydrogens is 292 g/mol. The number of hydrogen-bond acceptors (Lipinski definition) is 4. The molecule has 2 aromatic rings. The van der Waals surface area contributed by atoms with Crippen molar-refractivity contribution in [2.24, 2.45) is 0 Å². The number of phenolic OH excluding ortho intramolecular Hbond substituents is 1. The highest BCUT2D eigenvalue weighted by atomic mass is 16.6. The average molecular weight is 310 g/mol. The molecule has 4 heteroatoms. The minimum atomic E-state index is -0.479. The number of carbonyl (C=O) groups excluding carboxylic acids is 1. The molecule has 2 aromatic carbocycles. The molecule has 0 saturated carbocycles. The van der Waals surface area contributed by atoms with E-state index in [1.165, 1.54) is 13.2 Å². The molecule has 1 aliphatic heterocycles. The number of ether oxygens (including phenoxy) is 2. The fourth-order valence-electron chi connectivity index (χ4n) is 2.85. The molecule has 1 N–H and O–H groups in total. The van der Waals surface area contributed by atoms with E-state index in [0.29, 0.717) is 11.3 Å². The zero-order chi connectivity index (χ0) is 16.6. The number of hydrogen-bond donors (Lipinski definition) is 1. The van der Waals surface area contributed by atoms with E-state index in [1.807, 2.05) is 31.2 Å². The van der Waals surface area contributed by atoms with E-state index < -0.39 is 12.1 Å². The largest absolute Gasteiger partial charge is 0.504 e. The maximum absolute atomic E-state index is 12.0. The van der Waals surface area contributed by atoms with Crippen LogP contribution in [-0.4, -0.2) is 18.2 Å².